The first-order chi connectivity index (χ1) is 12.2. The summed E-state index contributed by atoms with van der Waals surface area (Å²) in [5.41, 5.74) is 1.36. The van der Waals surface area contributed by atoms with Gasteiger partial charge in [0, 0.05) is 11.6 Å². The summed E-state index contributed by atoms with van der Waals surface area (Å²) in [6.45, 7) is 0. The molecule has 0 aliphatic carbocycles. The Balaban J connectivity index is 1.49. The highest BCUT2D eigenvalue weighted by Gasteiger charge is 2.16. The van der Waals surface area contributed by atoms with Crippen molar-refractivity contribution in [1.29, 1.82) is 0 Å². The van der Waals surface area contributed by atoms with Crippen LogP contribution in [0.25, 0.3) is 22.7 Å². The fourth-order valence-electron chi connectivity index (χ4n) is 2.14. The Morgan fingerprint density at radius 3 is 2.76 bits per heavy atom. The molecule has 2 N–H and O–H groups in total. The highest BCUT2D eigenvalue weighted by atomic mass is 19.1. The lowest BCUT2D eigenvalue weighted by atomic mass is 10.1. The maximum Gasteiger partial charge on any atom is 0.280 e. The zero-order valence-electron chi connectivity index (χ0n) is 12.6. The molecular formula is C16H10FN5O3. The Hall–Kier alpha value is -3.75. The fourth-order valence-corrected chi connectivity index (χ4v) is 2.14. The number of benzene rings is 1. The molecule has 4 rings (SSSR count). The highest BCUT2D eigenvalue weighted by Crippen LogP contribution is 2.21. The average Bonchev–Trinajstić information content (AvgIpc) is 3.36. The summed E-state index contributed by atoms with van der Waals surface area (Å²) in [4.78, 5) is 16.3. The van der Waals surface area contributed by atoms with Crippen LogP contribution in [-0.4, -0.2) is 26.2 Å². The molecule has 0 spiro atoms. The second-order valence-electron chi connectivity index (χ2n) is 5.06. The lowest BCUT2D eigenvalue weighted by molar-refractivity contribution is 0.101. The number of H-pyrrole nitrogens is 1. The van der Waals surface area contributed by atoms with Gasteiger partial charge in [-0.05, 0) is 30.3 Å². The van der Waals surface area contributed by atoms with E-state index in [1.54, 1.807) is 6.07 Å². The number of aromatic nitrogens is 4. The standard InChI is InChI=1S/C16H10FN5O3/c17-11-3-1-9(2-4-11)13-7-12(22-25-13)15(23)19-16-18-14(20-21-16)10-5-6-24-8-10/h1-8H,(H2,18,19,20,21,23). The minimum atomic E-state index is -0.533. The van der Waals surface area contributed by atoms with Crippen molar-refractivity contribution < 1.29 is 18.1 Å². The van der Waals surface area contributed by atoms with Crippen molar-refractivity contribution in [3.05, 3.63) is 60.4 Å². The number of nitrogens with one attached hydrogen (secondary N) is 2. The Bertz CT molecular complexity index is 1000. The molecule has 0 saturated carbocycles. The first-order valence-corrected chi connectivity index (χ1v) is 7.18. The molecule has 3 heterocycles. The van der Waals surface area contributed by atoms with Gasteiger partial charge in [-0.1, -0.05) is 5.16 Å². The van der Waals surface area contributed by atoms with Crippen molar-refractivity contribution in [2.24, 2.45) is 0 Å². The number of nitrogens with zero attached hydrogens (tertiary/aromatic N) is 3. The molecule has 0 atom stereocenters. The van der Waals surface area contributed by atoms with Crippen molar-refractivity contribution in [2.75, 3.05) is 5.32 Å². The van der Waals surface area contributed by atoms with Gasteiger partial charge in [-0.3, -0.25) is 15.2 Å². The molecule has 0 saturated heterocycles. The van der Waals surface area contributed by atoms with Crippen LogP contribution in [-0.2, 0) is 0 Å². The summed E-state index contributed by atoms with van der Waals surface area (Å²) in [6.07, 6.45) is 3.00. The molecule has 0 aliphatic rings. The van der Waals surface area contributed by atoms with E-state index in [1.165, 1.54) is 42.9 Å². The predicted octanol–water partition coefficient (Wildman–Crippen LogP) is 3.11. The van der Waals surface area contributed by atoms with Crippen LogP contribution in [0.1, 0.15) is 10.5 Å². The smallest absolute Gasteiger partial charge is 0.280 e. The second kappa shape index (κ2) is 6.04. The number of anilines is 1. The van der Waals surface area contributed by atoms with Crippen molar-refractivity contribution in [2.45, 2.75) is 0 Å². The number of hydrogen-bond acceptors (Lipinski definition) is 6. The molecule has 8 nitrogen and oxygen atoms in total. The first kappa shape index (κ1) is 14.8. The van der Waals surface area contributed by atoms with Gasteiger partial charge >= 0.3 is 0 Å². The van der Waals surface area contributed by atoms with Crippen molar-refractivity contribution in [3.8, 4) is 22.7 Å². The number of amides is 1. The Morgan fingerprint density at radius 1 is 1.16 bits per heavy atom. The minimum Gasteiger partial charge on any atom is -0.472 e. The number of halogens is 1. The number of rotatable bonds is 4. The number of furan rings is 1. The molecule has 0 unspecified atom stereocenters. The highest BCUT2D eigenvalue weighted by molar-refractivity contribution is 6.02. The molecule has 0 bridgehead atoms. The monoisotopic (exact) mass is 339 g/mol. The second-order valence-corrected chi connectivity index (χ2v) is 5.06. The number of carbonyl (C=O) groups excluding carboxylic acids is 1. The van der Waals surface area contributed by atoms with Crippen LogP contribution in [0.3, 0.4) is 0 Å². The van der Waals surface area contributed by atoms with Gasteiger partial charge in [-0.25, -0.2) is 4.39 Å². The first-order valence-electron chi connectivity index (χ1n) is 7.18. The van der Waals surface area contributed by atoms with Gasteiger partial charge in [0.15, 0.2) is 17.3 Å². The van der Waals surface area contributed by atoms with Crippen LogP contribution >= 0.6 is 0 Å². The molecule has 0 fully saturated rings. The van der Waals surface area contributed by atoms with E-state index >= 15 is 0 Å². The van der Waals surface area contributed by atoms with E-state index in [2.05, 4.69) is 25.7 Å². The molecule has 1 aromatic carbocycles. The van der Waals surface area contributed by atoms with Gasteiger partial charge in [0.1, 0.15) is 12.1 Å². The summed E-state index contributed by atoms with van der Waals surface area (Å²) in [5, 5.41) is 12.8. The summed E-state index contributed by atoms with van der Waals surface area (Å²) in [7, 11) is 0. The lowest BCUT2D eigenvalue weighted by Gasteiger charge is -1.95. The molecule has 3 aromatic heterocycles. The quantitative estimate of drug-likeness (QED) is 0.591. The number of hydrogen-bond donors (Lipinski definition) is 2. The van der Waals surface area contributed by atoms with E-state index in [1.807, 2.05) is 0 Å². The molecule has 1 amide bonds. The van der Waals surface area contributed by atoms with Gasteiger partial charge in [-0.15, -0.1) is 5.10 Å². The van der Waals surface area contributed by atoms with Crippen LogP contribution in [0.15, 0.2) is 57.9 Å². The van der Waals surface area contributed by atoms with Gasteiger partial charge in [0.25, 0.3) is 5.91 Å². The molecular weight excluding hydrogens is 329 g/mol. The van der Waals surface area contributed by atoms with E-state index < -0.39 is 5.91 Å². The third-order valence-corrected chi connectivity index (χ3v) is 3.38. The largest absolute Gasteiger partial charge is 0.472 e. The third kappa shape index (κ3) is 3.02. The van der Waals surface area contributed by atoms with Crippen molar-refractivity contribution in [3.63, 3.8) is 0 Å². The van der Waals surface area contributed by atoms with Crippen LogP contribution in [0.2, 0.25) is 0 Å². The van der Waals surface area contributed by atoms with Crippen LogP contribution in [0, 0.1) is 5.82 Å². The zero-order valence-corrected chi connectivity index (χ0v) is 12.6. The Morgan fingerprint density at radius 2 is 2.00 bits per heavy atom. The molecule has 124 valence electrons. The van der Waals surface area contributed by atoms with Crippen LogP contribution in [0.5, 0.6) is 0 Å². The number of carbonyl (C=O) groups is 1. The maximum atomic E-state index is 12.9. The van der Waals surface area contributed by atoms with Crippen LogP contribution in [0.4, 0.5) is 10.3 Å². The average molecular weight is 339 g/mol. The van der Waals surface area contributed by atoms with Gasteiger partial charge < -0.3 is 8.94 Å². The Kier molecular flexibility index (Phi) is 3.58. The maximum absolute atomic E-state index is 12.9. The topological polar surface area (TPSA) is 110 Å². The Labute approximate surface area is 139 Å². The predicted molar refractivity (Wildman–Crippen MR) is 83.9 cm³/mol. The minimum absolute atomic E-state index is 0.0500. The normalized spacial score (nSPS) is 10.8. The fraction of sp³-hybridized carbons (Fsp3) is 0. The van der Waals surface area contributed by atoms with E-state index in [-0.39, 0.29) is 17.5 Å². The summed E-state index contributed by atoms with van der Waals surface area (Å²) < 4.78 is 23.0. The van der Waals surface area contributed by atoms with Crippen molar-refractivity contribution >= 4 is 11.9 Å². The van der Waals surface area contributed by atoms with E-state index in [0.29, 0.717) is 22.7 Å². The van der Waals surface area contributed by atoms with E-state index in [0.717, 1.165) is 0 Å². The molecule has 0 radical (unpaired) electrons. The van der Waals surface area contributed by atoms with Gasteiger partial charge in [0.05, 0.1) is 11.8 Å². The summed E-state index contributed by atoms with van der Waals surface area (Å²) >= 11 is 0. The summed E-state index contributed by atoms with van der Waals surface area (Å²) in [5.74, 6) is -0.00270. The van der Waals surface area contributed by atoms with Gasteiger partial charge in [-0.2, -0.15) is 4.98 Å². The molecule has 4 aromatic rings. The number of aromatic amines is 1. The molecule has 0 aliphatic heterocycles. The molecule has 9 heteroatoms. The SMILES string of the molecule is O=C(Nc1n[nH]c(-c2ccoc2)n1)c1cc(-c2ccc(F)cc2)on1. The van der Waals surface area contributed by atoms with Gasteiger partial charge in [0.2, 0.25) is 5.95 Å². The van der Waals surface area contributed by atoms with E-state index in [4.69, 9.17) is 8.94 Å². The molecule has 25 heavy (non-hydrogen) atoms. The van der Waals surface area contributed by atoms with Crippen molar-refractivity contribution in [1.82, 2.24) is 20.3 Å². The van der Waals surface area contributed by atoms with Crippen LogP contribution < -0.4 is 5.32 Å². The lowest BCUT2D eigenvalue weighted by Crippen LogP contribution is -2.13. The zero-order chi connectivity index (χ0) is 17.2. The van der Waals surface area contributed by atoms with E-state index in [9.17, 15) is 9.18 Å². The summed E-state index contributed by atoms with van der Waals surface area (Å²) in [6, 6.07) is 8.81. The third-order valence-electron chi connectivity index (χ3n) is 3.38.